The largest absolute Gasteiger partial charge is 0.480 e. The molecule has 122 valence electrons. The van der Waals surface area contributed by atoms with Gasteiger partial charge in [0.25, 0.3) is 5.91 Å². The third-order valence-electron chi connectivity index (χ3n) is 3.77. The van der Waals surface area contributed by atoms with Crippen molar-refractivity contribution in [1.82, 2.24) is 15.1 Å². The highest BCUT2D eigenvalue weighted by Crippen LogP contribution is 2.15. The second-order valence-electron chi connectivity index (χ2n) is 5.53. The number of amides is 1. The number of aromatic nitrogens is 2. The lowest BCUT2D eigenvalue weighted by atomic mass is 9.99. The van der Waals surface area contributed by atoms with Gasteiger partial charge in [-0.25, -0.2) is 13.9 Å². The summed E-state index contributed by atoms with van der Waals surface area (Å²) in [6, 6.07) is 5.67. The number of carboxylic acid groups (broad SMARTS) is 1. The first-order chi connectivity index (χ1) is 10.8. The van der Waals surface area contributed by atoms with Crippen molar-refractivity contribution in [1.29, 1.82) is 0 Å². The van der Waals surface area contributed by atoms with Gasteiger partial charge in [0, 0.05) is 11.8 Å². The Kier molecular flexibility index (Phi) is 4.49. The van der Waals surface area contributed by atoms with Gasteiger partial charge in [-0.3, -0.25) is 4.79 Å². The van der Waals surface area contributed by atoms with Crippen molar-refractivity contribution >= 4 is 11.9 Å². The fraction of sp³-hybridized carbons (Fsp3) is 0.312. The lowest BCUT2D eigenvalue weighted by Gasteiger charge is -2.24. The van der Waals surface area contributed by atoms with Crippen LogP contribution in [0.15, 0.2) is 30.5 Å². The Bertz CT molecular complexity index is 740. The Hall–Kier alpha value is -2.70. The van der Waals surface area contributed by atoms with E-state index >= 15 is 0 Å². The third kappa shape index (κ3) is 3.39. The van der Waals surface area contributed by atoms with E-state index in [2.05, 4.69) is 10.4 Å². The molecule has 2 rings (SSSR count). The summed E-state index contributed by atoms with van der Waals surface area (Å²) in [5.74, 6) is -2.03. The minimum Gasteiger partial charge on any atom is -0.480 e. The van der Waals surface area contributed by atoms with Crippen molar-refractivity contribution in [3.63, 3.8) is 0 Å². The van der Waals surface area contributed by atoms with Gasteiger partial charge in [-0.05, 0) is 44.5 Å². The van der Waals surface area contributed by atoms with Gasteiger partial charge in [-0.15, -0.1) is 0 Å². The summed E-state index contributed by atoms with van der Waals surface area (Å²) in [6.07, 6.45) is 1.87. The Labute approximate surface area is 132 Å². The number of halogens is 1. The molecule has 0 bridgehead atoms. The minimum absolute atomic E-state index is 0.134. The first-order valence-electron chi connectivity index (χ1n) is 7.15. The molecular weight excluding hydrogens is 301 g/mol. The van der Waals surface area contributed by atoms with Gasteiger partial charge >= 0.3 is 5.97 Å². The molecule has 0 radical (unpaired) electrons. The fourth-order valence-corrected chi connectivity index (χ4v) is 2.01. The monoisotopic (exact) mass is 319 g/mol. The average Bonchev–Trinajstić information content (AvgIpc) is 2.89. The Morgan fingerprint density at radius 2 is 1.96 bits per heavy atom. The van der Waals surface area contributed by atoms with Crippen molar-refractivity contribution in [3.05, 3.63) is 47.5 Å². The number of carbonyl (C=O) groups is 2. The van der Waals surface area contributed by atoms with Crippen LogP contribution in [0.1, 0.15) is 36.3 Å². The maximum atomic E-state index is 13.0. The van der Waals surface area contributed by atoms with Gasteiger partial charge in [0.05, 0.1) is 5.69 Å². The normalized spacial score (nSPS) is 13.4. The molecule has 1 aromatic heterocycles. The van der Waals surface area contributed by atoms with E-state index in [1.165, 1.54) is 35.9 Å². The van der Waals surface area contributed by atoms with Crippen LogP contribution < -0.4 is 5.32 Å². The van der Waals surface area contributed by atoms with Crippen LogP contribution >= 0.6 is 0 Å². The van der Waals surface area contributed by atoms with E-state index in [1.54, 1.807) is 20.0 Å². The molecule has 6 nitrogen and oxygen atoms in total. The molecular formula is C16H18FN3O3. The van der Waals surface area contributed by atoms with Crippen LogP contribution in [-0.4, -0.2) is 32.3 Å². The quantitative estimate of drug-likeness (QED) is 0.885. The van der Waals surface area contributed by atoms with Gasteiger partial charge in [-0.1, -0.05) is 6.92 Å². The number of aryl methyl sites for hydroxylation is 1. The zero-order chi connectivity index (χ0) is 17.2. The van der Waals surface area contributed by atoms with Gasteiger partial charge in [-0.2, -0.15) is 5.10 Å². The summed E-state index contributed by atoms with van der Waals surface area (Å²) < 4.78 is 14.4. The second kappa shape index (κ2) is 6.20. The number of rotatable bonds is 5. The zero-order valence-corrected chi connectivity index (χ0v) is 13.1. The molecule has 0 aliphatic carbocycles. The topological polar surface area (TPSA) is 84.2 Å². The number of carboxylic acids is 1. The van der Waals surface area contributed by atoms with Crippen molar-refractivity contribution < 1.29 is 19.1 Å². The minimum atomic E-state index is -1.36. The van der Waals surface area contributed by atoms with Crippen molar-refractivity contribution in [2.24, 2.45) is 0 Å². The molecule has 1 atom stereocenters. The maximum absolute atomic E-state index is 13.0. The predicted molar refractivity (Wildman–Crippen MR) is 82.1 cm³/mol. The Balaban J connectivity index is 2.29. The number of nitrogens with zero attached hydrogens (tertiary/aromatic N) is 2. The van der Waals surface area contributed by atoms with E-state index in [-0.39, 0.29) is 17.9 Å². The summed E-state index contributed by atoms with van der Waals surface area (Å²) in [5, 5.41) is 15.9. The van der Waals surface area contributed by atoms with Gasteiger partial charge in [0.15, 0.2) is 5.69 Å². The molecule has 2 aromatic rings. The van der Waals surface area contributed by atoms with E-state index in [0.717, 1.165) is 0 Å². The average molecular weight is 319 g/mol. The van der Waals surface area contributed by atoms with Crippen LogP contribution in [0.25, 0.3) is 5.69 Å². The van der Waals surface area contributed by atoms with E-state index < -0.39 is 17.4 Å². The van der Waals surface area contributed by atoms with Gasteiger partial charge < -0.3 is 10.4 Å². The summed E-state index contributed by atoms with van der Waals surface area (Å²) in [7, 11) is 0. The van der Waals surface area contributed by atoms with Crippen molar-refractivity contribution in [2.75, 3.05) is 0 Å². The number of nitrogens with one attached hydrogen (secondary N) is 1. The van der Waals surface area contributed by atoms with E-state index in [0.29, 0.717) is 11.3 Å². The number of hydrogen-bond acceptors (Lipinski definition) is 3. The summed E-state index contributed by atoms with van der Waals surface area (Å²) in [4.78, 5) is 23.6. The highest BCUT2D eigenvalue weighted by Gasteiger charge is 2.34. The Morgan fingerprint density at radius 1 is 1.35 bits per heavy atom. The van der Waals surface area contributed by atoms with Gasteiger partial charge in [0.1, 0.15) is 11.4 Å². The van der Waals surface area contributed by atoms with E-state index in [4.69, 9.17) is 0 Å². The second-order valence-corrected chi connectivity index (χ2v) is 5.53. The summed E-state index contributed by atoms with van der Waals surface area (Å²) in [6.45, 7) is 4.82. The summed E-state index contributed by atoms with van der Waals surface area (Å²) >= 11 is 0. The first-order valence-corrected chi connectivity index (χ1v) is 7.15. The molecule has 2 N–H and O–H groups in total. The molecule has 0 saturated carbocycles. The van der Waals surface area contributed by atoms with Crippen molar-refractivity contribution in [3.8, 4) is 5.69 Å². The molecule has 7 heteroatoms. The Morgan fingerprint density at radius 3 is 2.48 bits per heavy atom. The lowest BCUT2D eigenvalue weighted by molar-refractivity contribution is -0.143. The summed E-state index contributed by atoms with van der Waals surface area (Å²) in [5.41, 5.74) is -0.0284. The van der Waals surface area contributed by atoms with Crippen LogP contribution in [0, 0.1) is 12.7 Å². The zero-order valence-electron chi connectivity index (χ0n) is 13.1. The van der Waals surface area contributed by atoms with E-state index in [1.807, 2.05) is 0 Å². The SMILES string of the molecule is CCC(C)(NC(=O)c1nn(-c2ccc(F)cc2)cc1C)C(=O)O. The molecule has 0 saturated heterocycles. The molecule has 1 amide bonds. The predicted octanol–water partition coefficient (Wildman–Crippen LogP) is 2.30. The molecule has 1 heterocycles. The molecule has 0 spiro atoms. The lowest BCUT2D eigenvalue weighted by Crippen LogP contribution is -2.51. The molecule has 1 unspecified atom stereocenters. The maximum Gasteiger partial charge on any atom is 0.329 e. The van der Waals surface area contributed by atoms with Crippen LogP contribution in [-0.2, 0) is 4.79 Å². The standard InChI is InChI=1S/C16H18FN3O3/c1-4-16(3,15(22)23)18-14(21)13-10(2)9-20(19-13)12-7-5-11(17)6-8-12/h5-9H,4H2,1-3H3,(H,18,21)(H,22,23). The molecule has 0 aliphatic rings. The number of benzene rings is 1. The third-order valence-corrected chi connectivity index (χ3v) is 3.77. The molecule has 0 fully saturated rings. The van der Waals surface area contributed by atoms with Gasteiger partial charge in [0.2, 0.25) is 0 Å². The van der Waals surface area contributed by atoms with Crippen LogP contribution in [0.3, 0.4) is 0 Å². The highest BCUT2D eigenvalue weighted by molar-refractivity contribution is 5.97. The molecule has 0 aliphatic heterocycles. The smallest absolute Gasteiger partial charge is 0.329 e. The number of carbonyl (C=O) groups excluding carboxylic acids is 1. The van der Waals surface area contributed by atoms with Crippen LogP contribution in [0.5, 0.6) is 0 Å². The fourth-order valence-electron chi connectivity index (χ4n) is 2.01. The van der Waals surface area contributed by atoms with Crippen LogP contribution in [0.2, 0.25) is 0 Å². The molecule has 23 heavy (non-hydrogen) atoms. The number of hydrogen-bond donors (Lipinski definition) is 2. The van der Waals surface area contributed by atoms with Crippen LogP contribution in [0.4, 0.5) is 4.39 Å². The van der Waals surface area contributed by atoms with Crippen molar-refractivity contribution in [2.45, 2.75) is 32.7 Å². The first kappa shape index (κ1) is 16.7. The molecule has 1 aromatic carbocycles. The number of aliphatic carboxylic acids is 1. The highest BCUT2D eigenvalue weighted by atomic mass is 19.1. The van der Waals surface area contributed by atoms with E-state index in [9.17, 15) is 19.1 Å².